The van der Waals surface area contributed by atoms with Crippen molar-refractivity contribution in [2.75, 3.05) is 6.54 Å². The summed E-state index contributed by atoms with van der Waals surface area (Å²) in [6.45, 7) is 6.24. The lowest BCUT2D eigenvalue weighted by Crippen LogP contribution is -2.18. The third-order valence-corrected chi connectivity index (χ3v) is 2.85. The van der Waals surface area contributed by atoms with Gasteiger partial charge in [0.1, 0.15) is 17.3 Å². The maximum Gasteiger partial charge on any atom is 0.127 e. The molecule has 1 N–H and O–H groups in total. The molecule has 0 saturated heterocycles. The molecule has 0 aliphatic rings. The smallest absolute Gasteiger partial charge is 0.127 e. The highest BCUT2D eigenvalue weighted by atomic mass is 19.1. The molecule has 0 aromatic heterocycles. The Morgan fingerprint density at radius 1 is 0.950 bits per heavy atom. The van der Waals surface area contributed by atoms with E-state index in [0.29, 0.717) is 11.7 Å². The van der Waals surface area contributed by atoms with Gasteiger partial charge >= 0.3 is 0 Å². The Labute approximate surface area is 119 Å². The first kappa shape index (κ1) is 14.5. The Morgan fingerprint density at radius 2 is 1.50 bits per heavy atom. The lowest BCUT2D eigenvalue weighted by atomic mass is 10.2. The van der Waals surface area contributed by atoms with Crippen LogP contribution < -0.4 is 10.1 Å². The van der Waals surface area contributed by atoms with E-state index in [4.69, 9.17) is 4.74 Å². The van der Waals surface area contributed by atoms with Crippen molar-refractivity contribution in [2.24, 2.45) is 5.92 Å². The van der Waals surface area contributed by atoms with Gasteiger partial charge in [0.05, 0.1) is 0 Å². The van der Waals surface area contributed by atoms with Crippen molar-refractivity contribution in [3.8, 4) is 11.5 Å². The van der Waals surface area contributed by atoms with Crippen LogP contribution >= 0.6 is 0 Å². The average Bonchev–Trinajstić information content (AvgIpc) is 2.43. The van der Waals surface area contributed by atoms with Crippen LogP contribution in [0.15, 0.2) is 48.5 Å². The fraction of sp³-hybridized carbons (Fsp3) is 0.294. The summed E-state index contributed by atoms with van der Waals surface area (Å²) >= 11 is 0. The number of halogens is 1. The Morgan fingerprint density at radius 3 is 2.05 bits per heavy atom. The standard InChI is InChI=1S/C17H20FNO/c1-13(2)11-19-12-14-3-7-16(8-4-14)20-17-9-5-15(18)6-10-17/h3-10,13,19H,11-12H2,1-2H3. The Bertz CT molecular complexity index is 520. The summed E-state index contributed by atoms with van der Waals surface area (Å²) in [5.41, 5.74) is 1.22. The van der Waals surface area contributed by atoms with Crippen molar-refractivity contribution in [1.29, 1.82) is 0 Å². The van der Waals surface area contributed by atoms with Crippen molar-refractivity contribution in [3.05, 3.63) is 59.9 Å². The van der Waals surface area contributed by atoms with E-state index in [1.807, 2.05) is 24.3 Å². The molecule has 106 valence electrons. The predicted molar refractivity (Wildman–Crippen MR) is 79.5 cm³/mol. The molecule has 0 fully saturated rings. The highest BCUT2D eigenvalue weighted by Crippen LogP contribution is 2.21. The molecule has 0 amide bonds. The van der Waals surface area contributed by atoms with Crippen molar-refractivity contribution < 1.29 is 9.13 Å². The zero-order valence-corrected chi connectivity index (χ0v) is 11.9. The lowest BCUT2D eigenvalue weighted by molar-refractivity contribution is 0.480. The van der Waals surface area contributed by atoms with Crippen LogP contribution in [0.4, 0.5) is 4.39 Å². The fourth-order valence-corrected chi connectivity index (χ4v) is 1.82. The molecule has 2 nitrogen and oxygen atoms in total. The number of hydrogen-bond donors (Lipinski definition) is 1. The molecule has 0 atom stereocenters. The molecule has 0 unspecified atom stereocenters. The summed E-state index contributed by atoms with van der Waals surface area (Å²) in [6.07, 6.45) is 0. The summed E-state index contributed by atoms with van der Waals surface area (Å²) in [5.74, 6) is 1.78. The molecule has 2 rings (SSSR count). The summed E-state index contributed by atoms with van der Waals surface area (Å²) in [4.78, 5) is 0. The van der Waals surface area contributed by atoms with Gasteiger partial charge in [0.15, 0.2) is 0 Å². The molecule has 0 aliphatic carbocycles. The quantitative estimate of drug-likeness (QED) is 0.844. The number of benzene rings is 2. The van der Waals surface area contributed by atoms with Crippen LogP contribution in [0.25, 0.3) is 0 Å². The van der Waals surface area contributed by atoms with Gasteiger partial charge in [0.25, 0.3) is 0 Å². The minimum atomic E-state index is -0.260. The van der Waals surface area contributed by atoms with Crippen LogP contribution in [-0.2, 0) is 6.54 Å². The first-order chi connectivity index (χ1) is 9.63. The van der Waals surface area contributed by atoms with E-state index in [1.54, 1.807) is 12.1 Å². The summed E-state index contributed by atoms with van der Waals surface area (Å²) < 4.78 is 18.4. The van der Waals surface area contributed by atoms with Crippen LogP contribution in [0.2, 0.25) is 0 Å². The zero-order chi connectivity index (χ0) is 14.4. The number of rotatable bonds is 6. The molecule has 0 heterocycles. The molecule has 0 saturated carbocycles. The van der Waals surface area contributed by atoms with Gasteiger partial charge in [0, 0.05) is 6.54 Å². The number of ether oxygens (including phenoxy) is 1. The molecule has 0 aliphatic heterocycles. The first-order valence-corrected chi connectivity index (χ1v) is 6.86. The van der Waals surface area contributed by atoms with E-state index in [2.05, 4.69) is 19.2 Å². The normalized spacial score (nSPS) is 10.8. The SMILES string of the molecule is CC(C)CNCc1ccc(Oc2ccc(F)cc2)cc1. The molecule has 0 spiro atoms. The molecular formula is C17H20FNO. The highest BCUT2D eigenvalue weighted by molar-refractivity contribution is 5.33. The first-order valence-electron chi connectivity index (χ1n) is 6.86. The number of hydrogen-bond acceptors (Lipinski definition) is 2. The molecule has 20 heavy (non-hydrogen) atoms. The van der Waals surface area contributed by atoms with Gasteiger partial charge in [-0.2, -0.15) is 0 Å². The Balaban J connectivity index is 1.89. The van der Waals surface area contributed by atoms with E-state index in [0.717, 1.165) is 18.8 Å². The van der Waals surface area contributed by atoms with E-state index >= 15 is 0 Å². The van der Waals surface area contributed by atoms with Gasteiger partial charge < -0.3 is 10.1 Å². The van der Waals surface area contributed by atoms with Gasteiger partial charge in [0.2, 0.25) is 0 Å². The lowest BCUT2D eigenvalue weighted by Gasteiger charge is -2.09. The molecule has 0 bridgehead atoms. The summed E-state index contributed by atoms with van der Waals surface area (Å²) in [6, 6.07) is 13.9. The van der Waals surface area contributed by atoms with Crippen molar-refractivity contribution in [3.63, 3.8) is 0 Å². The van der Waals surface area contributed by atoms with Gasteiger partial charge in [-0.15, -0.1) is 0 Å². The summed E-state index contributed by atoms with van der Waals surface area (Å²) in [5, 5.41) is 3.39. The van der Waals surface area contributed by atoms with Crippen LogP contribution in [0.3, 0.4) is 0 Å². The molecule has 0 radical (unpaired) electrons. The fourth-order valence-electron chi connectivity index (χ4n) is 1.82. The number of nitrogens with one attached hydrogen (secondary N) is 1. The van der Waals surface area contributed by atoms with Crippen LogP contribution in [0.1, 0.15) is 19.4 Å². The van der Waals surface area contributed by atoms with Crippen LogP contribution in [0, 0.1) is 11.7 Å². The minimum absolute atomic E-state index is 0.260. The van der Waals surface area contributed by atoms with Gasteiger partial charge in [-0.3, -0.25) is 0 Å². The minimum Gasteiger partial charge on any atom is -0.457 e. The van der Waals surface area contributed by atoms with Gasteiger partial charge in [-0.1, -0.05) is 26.0 Å². The molecule has 3 heteroatoms. The van der Waals surface area contributed by atoms with Crippen LogP contribution in [-0.4, -0.2) is 6.54 Å². The van der Waals surface area contributed by atoms with Crippen molar-refractivity contribution in [2.45, 2.75) is 20.4 Å². The van der Waals surface area contributed by atoms with Crippen molar-refractivity contribution in [1.82, 2.24) is 5.32 Å². The average molecular weight is 273 g/mol. The van der Waals surface area contributed by atoms with E-state index in [1.165, 1.54) is 17.7 Å². The predicted octanol–water partition coefficient (Wildman–Crippen LogP) is 4.36. The van der Waals surface area contributed by atoms with E-state index in [9.17, 15) is 4.39 Å². The van der Waals surface area contributed by atoms with Gasteiger partial charge in [-0.05, 0) is 54.4 Å². The Kier molecular flexibility index (Phi) is 5.13. The maximum absolute atomic E-state index is 12.8. The maximum atomic E-state index is 12.8. The Hall–Kier alpha value is -1.87. The summed E-state index contributed by atoms with van der Waals surface area (Å²) in [7, 11) is 0. The monoisotopic (exact) mass is 273 g/mol. The van der Waals surface area contributed by atoms with E-state index < -0.39 is 0 Å². The third kappa shape index (κ3) is 4.67. The third-order valence-electron chi connectivity index (χ3n) is 2.85. The second-order valence-corrected chi connectivity index (χ2v) is 5.22. The molecule has 2 aromatic carbocycles. The second kappa shape index (κ2) is 7.06. The second-order valence-electron chi connectivity index (χ2n) is 5.22. The molecule has 2 aromatic rings. The zero-order valence-electron chi connectivity index (χ0n) is 11.9. The van der Waals surface area contributed by atoms with Crippen molar-refractivity contribution >= 4 is 0 Å². The van der Waals surface area contributed by atoms with Gasteiger partial charge in [-0.25, -0.2) is 4.39 Å². The topological polar surface area (TPSA) is 21.3 Å². The largest absolute Gasteiger partial charge is 0.457 e. The highest BCUT2D eigenvalue weighted by Gasteiger charge is 1.99. The molecular weight excluding hydrogens is 253 g/mol. The van der Waals surface area contributed by atoms with Crippen LogP contribution in [0.5, 0.6) is 11.5 Å². The van der Waals surface area contributed by atoms with E-state index in [-0.39, 0.29) is 5.82 Å².